The Morgan fingerprint density at radius 2 is 0.952 bits per heavy atom. The van der Waals surface area contributed by atoms with E-state index >= 15 is 0 Å². The first-order valence-electron chi connectivity index (χ1n) is 6.61. The molecule has 2 N–H and O–H groups in total. The van der Waals surface area contributed by atoms with E-state index in [0.717, 1.165) is 14.7 Å². The van der Waals surface area contributed by atoms with Gasteiger partial charge in [-0.1, -0.05) is 36.4 Å². The van der Waals surface area contributed by atoms with Gasteiger partial charge in [-0.05, 0) is 24.3 Å². The lowest BCUT2D eigenvalue weighted by molar-refractivity contribution is 0.448. The Kier molecular flexibility index (Phi) is 3.84. The Morgan fingerprint density at radius 3 is 1.38 bits per heavy atom. The molecule has 0 fully saturated rings. The third kappa shape index (κ3) is 3.03. The van der Waals surface area contributed by atoms with Crippen LogP contribution in [0.1, 0.15) is 0 Å². The molecule has 3 heteroatoms. The van der Waals surface area contributed by atoms with E-state index in [4.69, 9.17) is 0 Å². The van der Waals surface area contributed by atoms with Gasteiger partial charge >= 0.3 is 0 Å². The molecule has 0 amide bonds. The van der Waals surface area contributed by atoms with Crippen molar-refractivity contribution in [1.82, 2.24) is 0 Å². The fraction of sp³-hybridized carbons (Fsp3) is 0. The van der Waals surface area contributed by atoms with Gasteiger partial charge in [-0.3, -0.25) is 0 Å². The highest BCUT2D eigenvalue weighted by Gasteiger charge is 2.29. The van der Waals surface area contributed by atoms with Gasteiger partial charge in [-0.25, -0.2) is 0 Å². The molecular weight excluding hydrogens is 280 g/mol. The lowest BCUT2D eigenvalue weighted by Crippen LogP contribution is -2.04. The molecule has 0 aromatic heterocycles. The number of benzene rings is 3. The van der Waals surface area contributed by atoms with Crippen molar-refractivity contribution >= 4 is 10.9 Å². The molecule has 0 aliphatic rings. The first-order chi connectivity index (χ1) is 10.2. The number of rotatable bonds is 3. The molecule has 3 aromatic rings. The molecule has 0 radical (unpaired) electrons. The maximum absolute atomic E-state index is 9.78. The van der Waals surface area contributed by atoms with Crippen LogP contribution < -0.4 is 0 Å². The molecule has 0 heterocycles. The smallest absolute Gasteiger partial charge is 0.173 e. The Balaban J connectivity index is 2.17. The van der Waals surface area contributed by atoms with Gasteiger partial charge in [0.05, 0.1) is 10.9 Å². The number of phenolic OH excluding ortho intramolecular Hbond substituents is 2. The standard InChI is InChI=1S/C18H14O2S/c19-14-11-15(20)13-18(12-14)21(16-7-3-1-4-8-16)17-9-5-2-6-10-17/h1-13H,(H-,19,20)/p+1. The molecular formula is C18H15O2S+. The number of phenols is 2. The zero-order valence-electron chi connectivity index (χ0n) is 11.3. The molecule has 0 saturated carbocycles. The normalized spacial score (nSPS) is 10.7. The van der Waals surface area contributed by atoms with Gasteiger partial charge in [0.1, 0.15) is 11.5 Å². The minimum absolute atomic E-state index is 0.0781. The van der Waals surface area contributed by atoms with Crippen molar-refractivity contribution in [1.29, 1.82) is 0 Å². The van der Waals surface area contributed by atoms with Crippen molar-refractivity contribution in [3.05, 3.63) is 78.9 Å². The van der Waals surface area contributed by atoms with Gasteiger partial charge in [0.15, 0.2) is 14.7 Å². The van der Waals surface area contributed by atoms with Crippen LogP contribution in [0.5, 0.6) is 11.5 Å². The lowest BCUT2D eigenvalue weighted by atomic mass is 10.3. The van der Waals surface area contributed by atoms with Gasteiger partial charge in [0.25, 0.3) is 0 Å². The topological polar surface area (TPSA) is 40.5 Å². The Labute approximate surface area is 126 Å². The highest BCUT2D eigenvalue weighted by Crippen LogP contribution is 2.34. The van der Waals surface area contributed by atoms with Crippen LogP contribution in [0.15, 0.2) is 93.5 Å². The number of hydrogen-bond acceptors (Lipinski definition) is 2. The van der Waals surface area contributed by atoms with Crippen LogP contribution in [-0.2, 0) is 10.9 Å². The highest BCUT2D eigenvalue weighted by molar-refractivity contribution is 7.97. The van der Waals surface area contributed by atoms with E-state index in [1.54, 1.807) is 12.1 Å². The summed E-state index contributed by atoms with van der Waals surface area (Å²) >= 11 is 0. The average molecular weight is 295 g/mol. The fourth-order valence-electron chi connectivity index (χ4n) is 2.21. The Bertz CT molecular complexity index is 667. The van der Waals surface area contributed by atoms with E-state index in [1.165, 1.54) is 6.07 Å². The summed E-state index contributed by atoms with van der Waals surface area (Å²) in [4.78, 5) is 3.19. The van der Waals surface area contributed by atoms with Gasteiger partial charge in [0.2, 0.25) is 0 Å². The van der Waals surface area contributed by atoms with Gasteiger partial charge in [0, 0.05) is 18.2 Å². The summed E-state index contributed by atoms with van der Waals surface area (Å²) in [6.45, 7) is 0. The molecule has 0 aliphatic heterocycles. The van der Waals surface area contributed by atoms with Crippen molar-refractivity contribution in [2.24, 2.45) is 0 Å². The second-order valence-corrected chi connectivity index (χ2v) is 6.64. The zero-order valence-corrected chi connectivity index (χ0v) is 12.1. The number of hydrogen-bond donors (Lipinski definition) is 2. The molecule has 104 valence electrons. The van der Waals surface area contributed by atoms with Crippen molar-refractivity contribution in [3.63, 3.8) is 0 Å². The summed E-state index contributed by atoms with van der Waals surface area (Å²) in [6, 6.07) is 25.0. The third-order valence-electron chi connectivity index (χ3n) is 3.07. The predicted molar refractivity (Wildman–Crippen MR) is 84.8 cm³/mol. The Hall–Kier alpha value is -2.39. The molecule has 3 rings (SSSR count). The van der Waals surface area contributed by atoms with Crippen LogP contribution in [0.4, 0.5) is 0 Å². The zero-order chi connectivity index (χ0) is 14.7. The van der Waals surface area contributed by atoms with Gasteiger partial charge < -0.3 is 10.2 Å². The fourth-order valence-corrected chi connectivity index (χ4v) is 4.36. The number of aromatic hydroxyl groups is 2. The molecule has 21 heavy (non-hydrogen) atoms. The second-order valence-electron chi connectivity index (χ2n) is 4.62. The molecule has 0 aliphatic carbocycles. The monoisotopic (exact) mass is 295 g/mol. The van der Waals surface area contributed by atoms with Crippen molar-refractivity contribution in [2.45, 2.75) is 14.7 Å². The molecule has 0 atom stereocenters. The molecule has 3 aromatic carbocycles. The summed E-state index contributed by atoms with van der Waals surface area (Å²) in [5.41, 5.74) is 0. The van der Waals surface area contributed by atoms with Crippen molar-refractivity contribution in [2.75, 3.05) is 0 Å². The molecule has 0 saturated heterocycles. The minimum Gasteiger partial charge on any atom is -0.508 e. The molecule has 0 bridgehead atoms. The second kappa shape index (κ2) is 5.94. The van der Waals surface area contributed by atoms with Crippen LogP contribution in [0.3, 0.4) is 0 Å². The van der Waals surface area contributed by atoms with Crippen molar-refractivity contribution < 1.29 is 10.2 Å². The first kappa shape index (κ1) is 13.6. The quantitative estimate of drug-likeness (QED) is 0.711. The summed E-state index contributed by atoms with van der Waals surface area (Å²) in [7, 11) is -0.355. The van der Waals surface area contributed by atoms with E-state index in [2.05, 4.69) is 24.3 Å². The van der Waals surface area contributed by atoms with E-state index in [-0.39, 0.29) is 22.4 Å². The molecule has 0 unspecified atom stereocenters. The van der Waals surface area contributed by atoms with Gasteiger partial charge in [-0.2, -0.15) is 0 Å². The maximum Gasteiger partial charge on any atom is 0.173 e. The Morgan fingerprint density at radius 1 is 0.524 bits per heavy atom. The minimum atomic E-state index is -0.355. The average Bonchev–Trinajstić information content (AvgIpc) is 2.49. The van der Waals surface area contributed by atoms with Crippen molar-refractivity contribution in [3.8, 4) is 11.5 Å². The predicted octanol–water partition coefficient (Wildman–Crippen LogP) is 4.19. The highest BCUT2D eigenvalue weighted by atomic mass is 32.2. The lowest BCUT2D eigenvalue weighted by Gasteiger charge is -2.08. The summed E-state index contributed by atoms with van der Waals surface area (Å²) in [5, 5.41) is 19.6. The van der Waals surface area contributed by atoms with E-state index in [9.17, 15) is 10.2 Å². The maximum atomic E-state index is 9.78. The summed E-state index contributed by atoms with van der Waals surface area (Å²) < 4.78 is 0. The SMILES string of the molecule is Oc1cc(O)cc([S+](c2ccccc2)c2ccccc2)c1. The van der Waals surface area contributed by atoms with E-state index in [1.807, 2.05) is 36.4 Å². The van der Waals surface area contributed by atoms with Gasteiger partial charge in [-0.15, -0.1) is 0 Å². The summed E-state index contributed by atoms with van der Waals surface area (Å²) in [5.74, 6) is 0.156. The first-order valence-corrected chi connectivity index (χ1v) is 7.84. The van der Waals surface area contributed by atoms with Crippen LogP contribution in [-0.4, -0.2) is 10.2 Å². The van der Waals surface area contributed by atoms with Crippen LogP contribution in [0.25, 0.3) is 0 Å². The van der Waals surface area contributed by atoms with Crippen LogP contribution >= 0.6 is 0 Å². The largest absolute Gasteiger partial charge is 0.508 e. The van der Waals surface area contributed by atoms with E-state index < -0.39 is 0 Å². The van der Waals surface area contributed by atoms with E-state index in [0.29, 0.717) is 0 Å². The molecule has 2 nitrogen and oxygen atoms in total. The molecule has 0 spiro atoms. The van der Waals surface area contributed by atoms with Crippen LogP contribution in [0.2, 0.25) is 0 Å². The van der Waals surface area contributed by atoms with Crippen LogP contribution in [0, 0.1) is 0 Å². The summed E-state index contributed by atoms with van der Waals surface area (Å²) in [6.07, 6.45) is 0. The third-order valence-corrected chi connectivity index (χ3v) is 5.26.